The Morgan fingerprint density at radius 2 is 0.960 bits per heavy atom. The molecular weight excluding hydrogens is 623 g/mol. The van der Waals surface area contributed by atoms with Crippen molar-refractivity contribution >= 4 is 80.9 Å². The normalized spacial score (nSPS) is 11.6. The van der Waals surface area contributed by atoms with E-state index < -0.39 is 0 Å². The number of benzene rings is 9. The van der Waals surface area contributed by atoms with Gasteiger partial charge in [-0.1, -0.05) is 133 Å². The fourth-order valence-corrected chi connectivity index (χ4v) is 8.69. The van der Waals surface area contributed by atoms with Crippen LogP contribution < -0.4 is 4.90 Å². The van der Waals surface area contributed by atoms with Crippen LogP contribution in [0.15, 0.2) is 188 Å². The van der Waals surface area contributed by atoms with E-state index in [1.165, 1.54) is 74.7 Å². The molecule has 50 heavy (non-hydrogen) atoms. The molecule has 0 saturated carbocycles. The third-order valence-corrected chi connectivity index (χ3v) is 11.1. The molecule has 1 aromatic heterocycles. The summed E-state index contributed by atoms with van der Waals surface area (Å²) in [6.07, 6.45) is 0. The van der Waals surface area contributed by atoms with Gasteiger partial charge in [-0.3, -0.25) is 0 Å². The maximum absolute atomic E-state index is 2.42. The lowest BCUT2D eigenvalue weighted by molar-refractivity contribution is 1.30. The van der Waals surface area contributed by atoms with Crippen LogP contribution in [0.4, 0.5) is 17.1 Å². The van der Waals surface area contributed by atoms with Crippen LogP contribution in [0.25, 0.3) is 74.7 Å². The highest BCUT2D eigenvalue weighted by molar-refractivity contribution is 7.25. The van der Waals surface area contributed by atoms with Crippen molar-refractivity contribution in [3.05, 3.63) is 188 Å². The Labute approximate surface area is 294 Å². The Morgan fingerprint density at radius 3 is 1.82 bits per heavy atom. The highest BCUT2D eigenvalue weighted by atomic mass is 32.1. The van der Waals surface area contributed by atoms with E-state index in [-0.39, 0.29) is 0 Å². The zero-order valence-electron chi connectivity index (χ0n) is 27.3. The van der Waals surface area contributed by atoms with Gasteiger partial charge < -0.3 is 4.90 Å². The maximum atomic E-state index is 2.42. The van der Waals surface area contributed by atoms with Crippen molar-refractivity contribution in [2.75, 3.05) is 4.90 Å². The second-order valence-corrected chi connectivity index (χ2v) is 14.1. The molecule has 0 saturated heterocycles. The molecule has 0 bridgehead atoms. The fraction of sp³-hybridized carbons (Fsp3) is 0. The Hall–Kier alpha value is -6.22. The molecular formula is C48H31NS. The van der Waals surface area contributed by atoms with E-state index in [9.17, 15) is 0 Å². The Kier molecular flexibility index (Phi) is 6.75. The van der Waals surface area contributed by atoms with Crippen LogP contribution in [0.5, 0.6) is 0 Å². The molecule has 9 aromatic carbocycles. The van der Waals surface area contributed by atoms with Crippen LogP contribution in [0.1, 0.15) is 0 Å². The van der Waals surface area contributed by atoms with Crippen LogP contribution in [0.3, 0.4) is 0 Å². The van der Waals surface area contributed by atoms with E-state index in [1.807, 2.05) is 11.3 Å². The lowest BCUT2D eigenvalue weighted by atomic mass is 9.97. The van der Waals surface area contributed by atoms with Crippen molar-refractivity contribution in [1.82, 2.24) is 0 Å². The minimum Gasteiger partial charge on any atom is -0.310 e. The number of hydrogen-bond donors (Lipinski definition) is 0. The largest absolute Gasteiger partial charge is 0.310 e. The van der Waals surface area contributed by atoms with Gasteiger partial charge in [0.25, 0.3) is 0 Å². The molecule has 1 nitrogen and oxygen atoms in total. The molecule has 234 valence electrons. The van der Waals surface area contributed by atoms with E-state index in [2.05, 4.69) is 193 Å². The zero-order valence-corrected chi connectivity index (χ0v) is 28.1. The summed E-state index contributed by atoms with van der Waals surface area (Å²) in [6, 6.07) is 68.8. The Bertz CT molecular complexity index is 2870. The zero-order chi connectivity index (χ0) is 33.0. The predicted molar refractivity (Wildman–Crippen MR) is 217 cm³/mol. The van der Waals surface area contributed by atoms with Gasteiger partial charge in [-0.2, -0.15) is 0 Å². The molecule has 0 atom stereocenters. The predicted octanol–water partition coefficient (Wildman–Crippen LogP) is 14.3. The van der Waals surface area contributed by atoms with E-state index in [0.29, 0.717) is 0 Å². The smallest absolute Gasteiger partial charge is 0.0546 e. The number of thiophene rings is 1. The van der Waals surface area contributed by atoms with Gasteiger partial charge in [0.15, 0.2) is 0 Å². The van der Waals surface area contributed by atoms with Crippen LogP contribution >= 0.6 is 11.3 Å². The first-order valence-electron chi connectivity index (χ1n) is 17.1. The van der Waals surface area contributed by atoms with Crippen molar-refractivity contribution < 1.29 is 0 Å². The van der Waals surface area contributed by atoms with E-state index in [4.69, 9.17) is 0 Å². The van der Waals surface area contributed by atoms with Gasteiger partial charge in [0.2, 0.25) is 0 Å². The van der Waals surface area contributed by atoms with Gasteiger partial charge in [0.1, 0.15) is 0 Å². The summed E-state index contributed by atoms with van der Waals surface area (Å²) < 4.78 is 2.68. The molecule has 0 amide bonds. The summed E-state index contributed by atoms with van der Waals surface area (Å²) >= 11 is 1.87. The highest BCUT2D eigenvalue weighted by Gasteiger charge is 2.18. The topological polar surface area (TPSA) is 3.24 Å². The molecule has 0 spiro atoms. The third kappa shape index (κ3) is 4.84. The molecule has 0 aliphatic carbocycles. The van der Waals surface area contributed by atoms with Gasteiger partial charge in [0, 0.05) is 36.9 Å². The number of nitrogens with zero attached hydrogens (tertiary/aromatic N) is 1. The minimum absolute atomic E-state index is 1.12. The number of fused-ring (bicyclic) bond motifs is 7. The van der Waals surface area contributed by atoms with Crippen molar-refractivity contribution in [2.24, 2.45) is 0 Å². The lowest BCUT2D eigenvalue weighted by Crippen LogP contribution is -2.10. The first kappa shape index (κ1) is 28.8. The van der Waals surface area contributed by atoms with Crippen LogP contribution in [0.2, 0.25) is 0 Å². The molecule has 0 radical (unpaired) electrons. The minimum atomic E-state index is 1.12. The van der Waals surface area contributed by atoms with E-state index in [0.717, 1.165) is 17.1 Å². The monoisotopic (exact) mass is 653 g/mol. The number of hydrogen-bond acceptors (Lipinski definition) is 2. The van der Waals surface area contributed by atoms with Gasteiger partial charge >= 0.3 is 0 Å². The molecule has 1 heterocycles. The Morgan fingerprint density at radius 1 is 0.300 bits per heavy atom. The molecule has 0 N–H and O–H groups in total. The first-order valence-corrected chi connectivity index (χ1v) is 17.9. The lowest BCUT2D eigenvalue weighted by Gasteiger charge is -2.28. The molecule has 0 aliphatic rings. The average molecular weight is 654 g/mol. The molecule has 2 heteroatoms. The molecule has 10 rings (SSSR count). The average Bonchev–Trinajstić information content (AvgIpc) is 3.55. The summed E-state index contributed by atoms with van der Waals surface area (Å²) in [5, 5.41) is 10.2. The summed E-state index contributed by atoms with van der Waals surface area (Å²) in [4.78, 5) is 2.42. The van der Waals surface area contributed by atoms with Crippen LogP contribution in [-0.2, 0) is 0 Å². The van der Waals surface area contributed by atoms with Crippen LogP contribution in [-0.4, -0.2) is 0 Å². The summed E-state index contributed by atoms with van der Waals surface area (Å²) in [5.41, 5.74) is 8.22. The van der Waals surface area contributed by atoms with Crippen molar-refractivity contribution in [3.8, 4) is 22.3 Å². The van der Waals surface area contributed by atoms with Gasteiger partial charge in [-0.25, -0.2) is 0 Å². The molecule has 0 unspecified atom stereocenters. The summed E-state index contributed by atoms with van der Waals surface area (Å²) in [5.74, 6) is 0. The van der Waals surface area contributed by atoms with E-state index in [1.54, 1.807) is 0 Å². The maximum Gasteiger partial charge on any atom is 0.0546 e. The van der Waals surface area contributed by atoms with Gasteiger partial charge in [-0.15, -0.1) is 11.3 Å². The standard InChI is InChI=1S/C48H31NS/c1-2-11-32(12-3-1)34-14-10-15-40(28-34)49(46-30-37-13-4-5-16-41(37)42-17-6-7-18-43(42)46)39-25-23-33(24-26-39)35-21-22-36-31-48-45(29-38(36)27-35)44-19-8-9-20-47(44)50-48/h1-31H. The van der Waals surface area contributed by atoms with Crippen molar-refractivity contribution in [3.63, 3.8) is 0 Å². The SMILES string of the molecule is c1ccc(-c2cccc(N(c3ccc(-c4ccc5cc6sc7ccccc7c6cc5c4)cc3)c3cc4ccccc4c4ccccc34)c2)cc1. The molecule has 10 aromatic rings. The summed E-state index contributed by atoms with van der Waals surface area (Å²) in [7, 11) is 0. The number of anilines is 3. The summed E-state index contributed by atoms with van der Waals surface area (Å²) in [6.45, 7) is 0. The first-order chi connectivity index (χ1) is 24.8. The van der Waals surface area contributed by atoms with Crippen molar-refractivity contribution in [2.45, 2.75) is 0 Å². The highest BCUT2D eigenvalue weighted by Crippen LogP contribution is 2.43. The quantitative estimate of drug-likeness (QED) is 0.167. The van der Waals surface area contributed by atoms with E-state index >= 15 is 0 Å². The van der Waals surface area contributed by atoms with Gasteiger partial charge in [-0.05, 0) is 104 Å². The Balaban J connectivity index is 1.12. The fourth-order valence-electron chi connectivity index (χ4n) is 7.55. The number of rotatable bonds is 5. The van der Waals surface area contributed by atoms with Crippen molar-refractivity contribution in [1.29, 1.82) is 0 Å². The van der Waals surface area contributed by atoms with Crippen LogP contribution in [0, 0.1) is 0 Å². The second-order valence-electron chi connectivity index (χ2n) is 13.0. The third-order valence-electron chi connectivity index (χ3n) is 9.99. The molecule has 0 fully saturated rings. The second kappa shape index (κ2) is 11.7. The van der Waals surface area contributed by atoms with Gasteiger partial charge in [0.05, 0.1) is 5.69 Å². The molecule has 0 aliphatic heterocycles.